The van der Waals surface area contributed by atoms with Crippen molar-refractivity contribution in [1.82, 2.24) is 0 Å². The van der Waals surface area contributed by atoms with Crippen molar-refractivity contribution in [3.8, 4) is 0 Å². The van der Waals surface area contributed by atoms with Gasteiger partial charge >= 0.3 is 5.97 Å². The average Bonchev–Trinajstić information content (AvgIpc) is 3.24. The molecule has 1 aliphatic heterocycles. The molecular formula is C25H23FN2O5S. The molecule has 1 atom stereocenters. The molecule has 34 heavy (non-hydrogen) atoms. The maximum atomic E-state index is 13.6. The monoisotopic (exact) mass is 482 g/mol. The van der Waals surface area contributed by atoms with E-state index in [4.69, 9.17) is 4.74 Å². The number of halogens is 1. The number of nitrogens with zero attached hydrogens (tertiary/aromatic N) is 1. The van der Waals surface area contributed by atoms with E-state index in [9.17, 15) is 22.4 Å². The van der Waals surface area contributed by atoms with E-state index >= 15 is 0 Å². The standard InChI is InChI=1S/C25H23FN2O5S/c1-16-15-19(11-12-21(16)26)34(31,32)27-22-9-5-4-8-20(22)25(30)33-17(2)24(29)28-14-13-18-7-3-6-10-23(18)28/h3-12,15,17,27H,13-14H2,1-2H3. The SMILES string of the molecule is Cc1cc(S(=O)(=O)Nc2ccccc2C(=O)OC(C)C(=O)N2CCc3ccccc32)ccc1F. The lowest BCUT2D eigenvalue weighted by Crippen LogP contribution is -2.39. The lowest BCUT2D eigenvalue weighted by molar-refractivity contribution is -0.126. The third-order valence-electron chi connectivity index (χ3n) is 5.62. The summed E-state index contributed by atoms with van der Waals surface area (Å²) in [5.41, 5.74) is 1.95. The van der Waals surface area contributed by atoms with E-state index in [0.29, 0.717) is 6.54 Å². The molecule has 1 N–H and O–H groups in total. The van der Waals surface area contributed by atoms with Crippen molar-refractivity contribution in [2.45, 2.75) is 31.3 Å². The van der Waals surface area contributed by atoms with Gasteiger partial charge in [0.2, 0.25) is 0 Å². The predicted molar refractivity (Wildman–Crippen MR) is 126 cm³/mol. The maximum absolute atomic E-state index is 13.6. The molecule has 0 saturated heterocycles. The topological polar surface area (TPSA) is 92.8 Å². The molecule has 0 fully saturated rings. The number of aryl methyl sites for hydroxylation is 1. The number of benzene rings is 3. The average molecular weight is 483 g/mol. The van der Waals surface area contributed by atoms with Gasteiger partial charge in [-0.25, -0.2) is 17.6 Å². The molecule has 176 valence electrons. The smallest absolute Gasteiger partial charge is 0.341 e. The first-order valence-corrected chi connectivity index (χ1v) is 12.1. The Bertz CT molecular complexity index is 1370. The van der Waals surface area contributed by atoms with Crippen LogP contribution in [0.15, 0.2) is 71.6 Å². The lowest BCUT2D eigenvalue weighted by atomic mass is 10.2. The van der Waals surface area contributed by atoms with E-state index in [0.717, 1.165) is 29.8 Å². The molecule has 9 heteroatoms. The second kappa shape index (κ2) is 9.26. The van der Waals surface area contributed by atoms with Gasteiger partial charge in [-0.1, -0.05) is 30.3 Å². The third-order valence-corrected chi connectivity index (χ3v) is 6.98. The highest BCUT2D eigenvalue weighted by molar-refractivity contribution is 7.92. The molecule has 0 aromatic heterocycles. The fourth-order valence-corrected chi connectivity index (χ4v) is 4.96. The Morgan fingerprint density at radius 1 is 1.06 bits per heavy atom. The number of hydrogen-bond donors (Lipinski definition) is 1. The molecule has 7 nitrogen and oxygen atoms in total. The summed E-state index contributed by atoms with van der Waals surface area (Å²) in [7, 11) is -4.10. The number of sulfonamides is 1. The number of nitrogens with one attached hydrogen (secondary N) is 1. The molecule has 0 spiro atoms. The van der Waals surface area contributed by atoms with Crippen LogP contribution in [-0.4, -0.2) is 32.9 Å². The summed E-state index contributed by atoms with van der Waals surface area (Å²) in [6.45, 7) is 3.43. The van der Waals surface area contributed by atoms with E-state index in [2.05, 4.69) is 4.72 Å². The number of esters is 1. The number of anilines is 2. The molecule has 1 unspecified atom stereocenters. The number of para-hydroxylation sites is 2. The third kappa shape index (κ3) is 4.65. The van der Waals surface area contributed by atoms with Gasteiger partial charge in [-0.05, 0) is 67.8 Å². The minimum absolute atomic E-state index is 0.0133. The van der Waals surface area contributed by atoms with E-state index in [-0.39, 0.29) is 27.6 Å². The first-order valence-electron chi connectivity index (χ1n) is 10.7. The van der Waals surface area contributed by atoms with E-state index in [1.165, 1.54) is 32.0 Å². The van der Waals surface area contributed by atoms with Gasteiger partial charge in [0.15, 0.2) is 6.10 Å². The summed E-state index contributed by atoms with van der Waals surface area (Å²) < 4.78 is 46.9. The van der Waals surface area contributed by atoms with Crippen LogP contribution in [0.5, 0.6) is 0 Å². The van der Waals surface area contributed by atoms with Gasteiger partial charge in [-0.15, -0.1) is 0 Å². The Hall–Kier alpha value is -3.72. The molecule has 1 aliphatic rings. The number of rotatable bonds is 6. The van der Waals surface area contributed by atoms with Crippen LogP contribution >= 0.6 is 0 Å². The minimum Gasteiger partial charge on any atom is -0.449 e. The minimum atomic E-state index is -4.10. The fraction of sp³-hybridized carbons (Fsp3) is 0.200. The van der Waals surface area contributed by atoms with Gasteiger partial charge in [0.05, 0.1) is 16.1 Å². The van der Waals surface area contributed by atoms with Crippen LogP contribution < -0.4 is 9.62 Å². The largest absolute Gasteiger partial charge is 0.449 e. The summed E-state index contributed by atoms with van der Waals surface area (Å²) in [5, 5.41) is 0. The summed E-state index contributed by atoms with van der Waals surface area (Å²) in [6, 6.07) is 16.9. The summed E-state index contributed by atoms with van der Waals surface area (Å²) in [6.07, 6.45) is -0.362. The van der Waals surface area contributed by atoms with Gasteiger partial charge < -0.3 is 9.64 Å². The van der Waals surface area contributed by atoms with Crippen molar-refractivity contribution in [3.63, 3.8) is 0 Å². The van der Waals surface area contributed by atoms with Gasteiger partial charge in [-0.2, -0.15) is 0 Å². The van der Waals surface area contributed by atoms with E-state index in [1.54, 1.807) is 17.0 Å². The van der Waals surface area contributed by atoms with Gasteiger partial charge in [0.1, 0.15) is 5.82 Å². The number of carbonyl (C=O) groups excluding carboxylic acids is 2. The molecule has 3 aromatic carbocycles. The van der Waals surface area contributed by atoms with Gasteiger partial charge in [-0.3, -0.25) is 9.52 Å². The molecule has 0 bridgehead atoms. The van der Waals surface area contributed by atoms with Crippen LogP contribution in [0.2, 0.25) is 0 Å². The predicted octanol–water partition coefficient (Wildman–Crippen LogP) is 4.07. The Balaban J connectivity index is 1.51. The van der Waals surface area contributed by atoms with Crippen molar-refractivity contribution in [1.29, 1.82) is 0 Å². The number of amides is 1. The Labute approximate surface area is 197 Å². The van der Waals surface area contributed by atoms with Crippen LogP contribution in [0, 0.1) is 12.7 Å². The van der Waals surface area contributed by atoms with Crippen LogP contribution in [0.25, 0.3) is 0 Å². The molecule has 0 radical (unpaired) electrons. The highest BCUT2D eigenvalue weighted by Crippen LogP contribution is 2.29. The fourth-order valence-electron chi connectivity index (χ4n) is 3.80. The molecule has 3 aromatic rings. The molecular weight excluding hydrogens is 459 g/mol. The van der Waals surface area contributed by atoms with Crippen LogP contribution in [0.4, 0.5) is 15.8 Å². The number of fused-ring (bicyclic) bond motifs is 1. The molecule has 1 heterocycles. The van der Waals surface area contributed by atoms with Crippen LogP contribution in [0.3, 0.4) is 0 Å². The molecule has 0 aliphatic carbocycles. The van der Waals surface area contributed by atoms with Gasteiger partial charge in [0.25, 0.3) is 15.9 Å². The summed E-state index contributed by atoms with van der Waals surface area (Å²) in [5.74, 6) is -1.73. The van der Waals surface area contributed by atoms with Crippen molar-refractivity contribution < 1.29 is 27.1 Å². The van der Waals surface area contributed by atoms with Gasteiger partial charge in [0, 0.05) is 12.2 Å². The normalized spacial score (nSPS) is 13.8. The number of hydrogen-bond acceptors (Lipinski definition) is 5. The Morgan fingerprint density at radius 2 is 1.76 bits per heavy atom. The molecule has 1 amide bonds. The Morgan fingerprint density at radius 3 is 2.53 bits per heavy atom. The van der Waals surface area contributed by atoms with Crippen molar-refractivity contribution in [2.75, 3.05) is 16.2 Å². The van der Waals surface area contributed by atoms with E-state index < -0.39 is 27.9 Å². The first kappa shape index (κ1) is 23.4. The lowest BCUT2D eigenvalue weighted by Gasteiger charge is -2.22. The van der Waals surface area contributed by atoms with Crippen LogP contribution in [0.1, 0.15) is 28.4 Å². The second-order valence-electron chi connectivity index (χ2n) is 7.98. The maximum Gasteiger partial charge on any atom is 0.341 e. The zero-order chi connectivity index (χ0) is 24.5. The molecule has 4 rings (SSSR count). The van der Waals surface area contributed by atoms with Crippen molar-refractivity contribution in [3.05, 3.63) is 89.2 Å². The second-order valence-corrected chi connectivity index (χ2v) is 9.66. The molecule has 0 saturated carbocycles. The number of ether oxygens (including phenoxy) is 1. The van der Waals surface area contributed by atoms with Crippen molar-refractivity contribution >= 4 is 33.3 Å². The summed E-state index contributed by atoms with van der Waals surface area (Å²) >= 11 is 0. The van der Waals surface area contributed by atoms with Crippen LogP contribution in [-0.2, 0) is 26.0 Å². The first-order chi connectivity index (χ1) is 16.2. The number of carbonyl (C=O) groups is 2. The van der Waals surface area contributed by atoms with E-state index in [1.807, 2.05) is 24.3 Å². The zero-order valence-corrected chi connectivity index (χ0v) is 19.4. The Kier molecular flexibility index (Phi) is 6.39. The summed E-state index contributed by atoms with van der Waals surface area (Å²) in [4.78, 5) is 27.3. The quantitative estimate of drug-likeness (QED) is 0.535. The highest BCUT2D eigenvalue weighted by Gasteiger charge is 2.30. The van der Waals surface area contributed by atoms with Crippen molar-refractivity contribution in [2.24, 2.45) is 0 Å². The highest BCUT2D eigenvalue weighted by atomic mass is 32.2. The zero-order valence-electron chi connectivity index (χ0n) is 18.6.